The van der Waals surface area contributed by atoms with Crippen molar-refractivity contribution in [2.24, 2.45) is 5.92 Å². The number of hydrogen-bond acceptors (Lipinski definition) is 1. The zero-order chi connectivity index (χ0) is 15.9. The van der Waals surface area contributed by atoms with Crippen molar-refractivity contribution in [3.8, 4) is 0 Å². The van der Waals surface area contributed by atoms with Crippen molar-refractivity contribution in [1.29, 1.82) is 0 Å². The zero-order valence-corrected chi connectivity index (χ0v) is 13.8. The highest BCUT2D eigenvalue weighted by atomic mass is 35.5. The summed E-state index contributed by atoms with van der Waals surface area (Å²) in [6.45, 7) is 4.25. The summed E-state index contributed by atoms with van der Waals surface area (Å²) in [4.78, 5) is 12.2. The van der Waals surface area contributed by atoms with Crippen molar-refractivity contribution in [3.05, 3.63) is 70.7 Å². The maximum Gasteiger partial charge on any atom is 0.220 e. The van der Waals surface area contributed by atoms with Crippen molar-refractivity contribution < 1.29 is 4.79 Å². The topological polar surface area (TPSA) is 29.1 Å². The Morgan fingerprint density at radius 3 is 2.18 bits per heavy atom. The number of carbonyl (C=O) groups excluding carboxylic acids is 1. The Bertz CT molecular complexity index is 593. The summed E-state index contributed by atoms with van der Waals surface area (Å²) in [5, 5.41) is 3.84. The molecular weight excluding hydrogens is 294 g/mol. The van der Waals surface area contributed by atoms with Crippen LogP contribution in [0.15, 0.2) is 54.6 Å². The molecule has 2 aromatic carbocycles. The molecule has 0 aromatic heterocycles. The van der Waals surface area contributed by atoms with Gasteiger partial charge >= 0.3 is 0 Å². The minimum absolute atomic E-state index is 0.0810. The van der Waals surface area contributed by atoms with Gasteiger partial charge in [0.1, 0.15) is 0 Å². The lowest BCUT2D eigenvalue weighted by atomic mass is 9.98. The Balaban J connectivity index is 2.19. The van der Waals surface area contributed by atoms with E-state index in [-0.39, 0.29) is 11.9 Å². The number of hydrogen-bond donors (Lipinski definition) is 1. The van der Waals surface area contributed by atoms with Crippen LogP contribution in [-0.4, -0.2) is 5.91 Å². The van der Waals surface area contributed by atoms with Gasteiger partial charge in [-0.1, -0.05) is 67.9 Å². The first kappa shape index (κ1) is 16.6. The lowest BCUT2D eigenvalue weighted by molar-refractivity contribution is -0.121. The fraction of sp³-hybridized carbons (Fsp3) is 0.316. The van der Waals surface area contributed by atoms with Crippen LogP contribution in [0.3, 0.4) is 0 Å². The summed E-state index contributed by atoms with van der Waals surface area (Å²) in [6, 6.07) is 17.5. The normalized spacial score (nSPS) is 12.2. The van der Waals surface area contributed by atoms with Gasteiger partial charge in [-0.25, -0.2) is 0 Å². The van der Waals surface area contributed by atoms with E-state index in [0.29, 0.717) is 17.4 Å². The van der Waals surface area contributed by atoms with Crippen molar-refractivity contribution >= 4 is 17.5 Å². The van der Waals surface area contributed by atoms with E-state index in [9.17, 15) is 4.79 Å². The van der Waals surface area contributed by atoms with Gasteiger partial charge in [-0.3, -0.25) is 4.79 Å². The van der Waals surface area contributed by atoms with Gasteiger partial charge in [-0.05, 0) is 35.6 Å². The van der Waals surface area contributed by atoms with E-state index >= 15 is 0 Å². The van der Waals surface area contributed by atoms with Gasteiger partial charge in [0, 0.05) is 11.4 Å². The SMILES string of the molecule is CC(C)CCC(=O)N[C@@H](c1ccccc1)c1ccc(Cl)cc1. The predicted molar refractivity (Wildman–Crippen MR) is 92.0 cm³/mol. The number of carbonyl (C=O) groups is 1. The molecule has 1 atom stereocenters. The van der Waals surface area contributed by atoms with Crippen molar-refractivity contribution in [3.63, 3.8) is 0 Å². The molecule has 2 rings (SSSR count). The lowest BCUT2D eigenvalue weighted by Crippen LogP contribution is -2.29. The molecule has 0 bridgehead atoms. The third kappa shape index (κ3) is 4.88. The maximum atomic E-state index is 12.2. The van der Waals surface area contributed by atoms with Gasteiger partial charge in [-0.15, -0.1) is 0 Å². The van der Waals surface area contributed by atoms with Gasteiger partial charge < -0.3 is 5.32 Å². The van der Waals surface area contributed by atoms with Crippen LogP contribution in [0.5, 0.6) is 0 Å². The van der Waals surface area contributed by atoms with Gasteiger partial charge in [0.05, 0.1) is 6.04 Å². The number of benzene rings is 2. The molecule has 0 spiro atoms. The van der Waals surface area contributed by atoms with Crippen LogP contribution in [-0.2, 0) is 4.79 Å². The van der Waals surface area contributed by atoms with E-state index in [1.807, 2.05) is 54.6 Å². The molecule has 2 aromatic rings. The Morgan fingerprint density at radius 1 is 1.00 bits per heavy atom. The highest BCUT2D eigenvalue weighted by molar-refractivity contribution is 6.30. The Labute approximate surface area is 137 Å². The van der Waals surface area contributed by atoms with E-state index < -0.39 is 0 Å². The number of halogens is 1. The molecule has 1 amide bonds. The van der Waals surface area contributed by atoms with Gasteiger partial charge in [0.25, 0.3) is 0 Å². The Hall–Kier alpha value is -1.80. The molecule has 0 unspecified atom stereocenters. The van der Waals surface area contributed by atoms with Crippen LogP contribution >= 0.6 is 11.6 Å². The molecular formula is C19H22ClNO. The van der Waals surface area contributed by atoms with Crippen LogP contribution in [0, 0.1) is 5.92 Å². The summed E-state index contributed by atoms with van der Waals surface area (Å²) in [5.74, 6) is 0.606. The molecule has 0 heterocycles. The molecule has 0 saturated heterocycles. The van der Waals surface area contributed by atoms with E-state index in [2.05, 4.69) is 19.2 Å². The molecule has 0 fully saturated rings. The smallest absolute Gasteiger partial charge is 0.220 e. The largest absolute Gasteiger partial charge is 0.345 e. The number of nitrogens with one attached hydrogen (secondary N) is 1. The average Bonchev–Trinajstić information content (AvgIpc) is 2.52. The third-order valence-corrected chi connectivity index (χ3v) is 3.84. The van der Waals surface area contributed by atoms with Crippen molar-refractivity contribution in [2.45, 2.75) is 32.7 Å². The van der Waals surface area contributed by atoms with Gasteiger partial charge in [0.15, 0.2) is 0 Å². The zero-order valence-electron chi connectivity index (χ0n) is 13.1. The van der Waals surface area contributed by atoms with Crippen LogP contribution < -0.4 is 5.32 Å². The van der Waals surface area contributed by atoms with E-state index in [1.165, 1.54) is 0 Å². The molecule has 0 saturated carbocycles. The summed E-state index contributed by atoms with van der Waals surface area (Å²) in [5.41, 5.74) is 2.11. The summed E-state index contributed by atoms with van der Waals surface area (Å²) in [6.07, 6.45) is 1.45. The second-order valence-electron chi connectivity index (χ2n) is 5.90. The Kier molecular flexibility index (Phi) is 6.02. The van der Waals surface area contributed by atoms with Crippen molar-refractivity contribution in [2.75, 3.05) is 0 Å². The van der Waals surface area contributed by atoms with E-state index in [1.54, 1.807) is 0 Å². The standard InChI is InChI=1S/C19H22ClNO/c1-14(2)8-13-18(22)21-19(15-6-4-3-5-7-15)16-9-11-17(20)12-10-16/h3-7,9-12,14,19H,8,13H2,1-2H3,(H,21,22)/t19-/m0/s1. The van der Waals surface area contributed by atoms with Crippen molar-refractivity contribution in [1.82, 2.24) is 5.32 Å². The fourth-order valence-corrected chi connectivity index (χ4v) is 2.44. The van der Waals surface area contributed by atoms with Crippen LogP contribution in [0.25, 0.3) is 0 Å². The van der Waals surface area contributed by atoms with E-state index in [0.717, 1.165) is 17.5 Å². The molecule has 0 aliphatic heterocycles. The second-order valence-corrected chi connectivity index (χ2v) is 6.33. The summed E-state index contributed by atoms with van der Waals surface area (Å²) in [7, 11) is 0. The third-order valence-electron chi connectivity index (χ3n) is 3.59. The minimum atomic E-state index is -0.141. The lowest BCUT2D eigenvalue weighted by Gasteiger charge is -2.20. The first-order valence-corrected chi connectivity index (χ1v) is 8.04. The quantitative estimate of drug-likeness (QED) is 0.800. The highest BCUT2D eigenvalue weighted by Crippen LogP contribution is 2.23. The van der Waals surface area contributed by atoms with E-state index in [4.69, 9.17) is 11.6 Å². The molecule has 116 valence electrons. The Morgan fingerprint density at radius 2 is 1.59 bits per heavy atom. The molecule has 0 aliphatic carbocycles. The van der Waals surface area contributed by atoms with Crippen LogP contribution in [0.2, 0.25) is 5.02 Å². The maximum absolute atomic E-state index is 12.2. The number of rotatable bonds is 6. The monoisotopic (exact) mass is 315 g/mol. The summed E-state index contributed by atoms with van der Waals surface area (Å²) < 4.78 is 0. The molecule has 3 heteroatoms. The second kappa shape index (κ2) is 8.00. The molecule has 2 nitrogen and oxygen atoms in total. The van der Waals surface area contributed by atoms with Gasteiger partial charge in [-0.2, -0.15) is 0 Å². The molecule has 22 heavy (non-hydrogen) atoms. The molecule has 0 radical (unpaired) electrons. The molecule has 1 N–H and O–H groups in total. The summed E-state index contributed by atoms with van der Waals surface area (Å²) >= 11 is 5.97. The van der Waals surface area contributed by atoms with Crippen LogP contribution in [0.4, 0.5) is 0 Å². The first-order chi connectivity index (χ1) is 10.6. The fourth-order valence-electron chi connectivity index (χ4n) is 2.31. The van der Waals surface area contributed by atoms with Crippen LogP contribution in [0.1, 0.15) is 43.9 Å². The van der Waals surface area contributed by atoms with Gasteiger partial charge in [0.2, 0.25) is 5.91 Å². The molecule has 0 aliphatic rings. The number of amides is 1. The predicted octanol–water partition coefficient (Wildman–Crippen LogP) is 4.98. The highest BCUT2D eigenvalue weighted by Gasteiger charge is 2.16. The first-order valence-electron chi connectivity index (χ1n) is 7.66. The average molecular weight is 316 g/mol. The minimum Gasteiger partial charge on any atom is -0.345 e.